The Balaban J connectivity index is 2.07. The van der Waals surface area contributed by atoms with Gasteiger partial charge in [0, 0.05) is 35.9 Å². The number of amidine groups is 1. The van der Waals surface area contributed by atoms with E-state index >= 15 is 0 Å². The van der Waals surface area contributed by atoms with E-state index in [2.05, 4.69) is 28.1 Å². The first-order valence-corrected chi connectivity index (χ1v) is 7.27. The van der Waals surface area contributed by atoms with Crippen LogP contribution >= 0.6 is 11.6 Å². The van der Waals surface area contributed by atoms with Crippen LogP contribution in [0.4, 0.5) is 5.69 Å². The zero-order chi connectivity index (χ0) is 14.5. The quantitative estimate of drug-likeness (QED) is 0.524. The lowest BCUT2D eigenvalue weighted by Crippen LogP contribution is -2.24. The normalized spacial score (nSPS) is 15.7. The van der Waals surface area contributed by atoms with Gasteiger partial charge in [0.05, 0.1) is 0 Å². The highest BCUT2D eigenvalue weighted by molar-refractivity contribution is 6.17. The molecule has 0 aliphatic carbocycles. The summed E-state index contributed by atoms with van der Waals surface area (Å²) in [4.78, 5) is 6.52. The highest BCUT2D eigenvalue weighted by Crippen LogP contribution is 2.19. The van der Waals surface area contributed by atoms with Gasteiger partial charge in [0.1, 0.15) is 5.84 Å². The van der Waals surface area contributed by atoms with Crippen molar-refractivity contribution < 1.29 is 0 Å². The predicted molar refractivity (Wildman–Crippen MR) is 87.3 cm³/mol. The monoisotopic (exact) mass is 289 g/mol. The van der Waals surface area contributed by atoms with E-state index in [0.717, 1.165) is 23.4 Å². The summed E-state index contributed by atoms with van der Waals surface area (Å²) in [7, 11) is 0. The minimum absolute atomic E-state index is 0.213. The summed E-state index contributed by atoms with van der Waals surface area (Å²) in [5.74, 6) is 1.15. The molecule has 4 heteroatoms. The van der Waals surface area contributed by atoms with Gasteiger partial charge in [-0.25, -0.2) is 0 Å². The molecule has 2 N–H and O–H groups in total. The molecule has 0 saturated carbocycles. The van der Waals surface area contributed by atoms with Crippen LogP contribution in [-0.4, -0.2) is 18.4 Å². The van der Waals surface area contributed by atoms with Crippen LogP contribution in [0.1, 0.15) is 19.4 Å². The standard InChI is InChI=1S/C16H20ClN3/c1-12(2)19-16(18)14-7-9-20(10-8-14)15-5-3-13(11-17)4-6-15/h3-9,12H,10-11H2,1-2H3,(H2,18,19). The molecule has 0 amide bonds. The minimum Gasteiger partial charge on any atom is -0.384 e. The minimum atomic E-state index is 0.213. The fourth-order valence-electron chi connectivity index (χ4n) is 2.01. The Morgan fingerprint density at radius 3 is 2.55 bits per heavy atom. The summed E-state index contributed by atoms with van der Waals surface area (Å²) in [5, 5.41) is 0. The van der Waals surface area contributed by atoms with E-state index in [0.29, 0.717) is 11.7 Å². The van der Waals surface area contributed by atoms with Crippen molar-refractivity contribution in [1.82, 2.24) is 0 Å². The van der Waals surface area contributed by atoms with Crippen LogP contribution in [0.3, 0.4) is 0 Å². The van der Waals surface area contributed by atoms with E-state index in [1.54, 1.807) is 0 Å². The van der Waals surface area contributed by atoms with Crippen molar-refractivity contribution in [1.29, 1.82) is 0 Å². The van der Waals surface area contributed by atoms with Gasteiger partial charge in [-0.15, -0.1) is 11.6 Å². The maximum atomic E-state index is 5.97. The molecule has 1 aliphatic heterocycles. The average molecular weight is 290 g/mol. The third kappa shape index (κ3) is 3.64. The van der Waals surface area contributed by atoms with Crippen molar-refractivity contribution in [3.8, 4) is 0 Å². The zero-order valence-electron chi connectivity index (χ0n) is 11.9. The van der Waals surface area contributed by atoms with Gasteiger partial charge in [-0.1, -0.05) is 18.2 Å². The van der Waals surface area contributed by atoms with Gasteiger partial charge < -0.3 is 10.6 Å². The summed E-state index contributed by atoms with van der Waals surface area (Å²) in [5.41, 5.74) is 9.23. The highest BCUT2D eigenvalue weighted by Gasteiger charge is 2.09. The lowest BCUT2D eigenvalue weighted by atomic mass is 10.1. The lowest BCUT2D eigenvalue weighted by molar-refractivity contribution is 0.834. The molecule has 1 aromatic carbocycles. The molecular weight excluding hydrogens is 270 g/mol. The van der Waals surface area contributed by atoms with Gasteiger partial charge in [0.15, 0.2) is 0 Å². The van der Waals surface area contributed by atoms with Crippen LogP contribution in [-0.2, 0) is 5.88 Å². The van der Waals surface area contributed by atoms with Crippen LogP contribution < -0.4 is 10.6 Å². The number of hydrogen-bond donors (Lipinski definition) is 1. The number of nitrogens with two attached hydrogens (primary N) is 1. The van der Waals surface area contributed by atoms with E-state index < -0.39 is 0 Å². The molecule has 0 fully saturated rings. The van der Waals surface area contributed by atoms with Gasteiger partial charge in [-0.2, -0.15) is 0 Å². The third-order valence-electron chi connectivity index (χ3n) is 3.06. The van der Waals surface area contributed by atoms with Crippen LogP contribution in [0.15, 0.2) is 53.2 Å². The SMILES string of the molecule is CC(C)N=C(N)C1=CCN(c2ccc(CCl)cc2)C=C1. The molecule has 20 heavy (non-hydrogen) atoms. The summed E-state index contributed by atoms with van der Waals surface area (Å²) in [6.07, 6.45) is 6.13. The second kappa shape index (κ2) is 6.62. The number of anilines is 1. The fourth-order valence-corrected chi connectivity index (χ4v) is 2.18. The average Bonchev–Trinajstić information content (AvgIpc) is 2.47. The van der Waals surface area contributed by atoms with Crippen molar-refractivity contribution in [3.05, 3.63) is 53.8 Å². The largest absolute Gasteiger partial charge is 0.384 e. The smallest absolute Gasteiger partial charge is 0.125 e. The van der Waals surface area contributed by atoms with Gasteiger partial charge in [-0.3, -0.25) is 4.99 Å². The fraction of sp³-hybridized carbons (Fsp3) is 0.312. The molecule has 0 aromatic heterocycles. The lowest BCUT2D eigenvalue weighted by Gasteiger charge is -2.23. The van der Waals surface area contributed by atoms with E-state index in [1.807, 2.05) is 38.3 Å². The second-order valence-corrected chi connectivity index (χ2v) is 5.30. The Morgan fingerprint density at radius 1 is 1.35 bits per heavy atom. The zero-order valence-corrected chi connectivity index (χ0v) is 12.6. The molecule has 106 valence electrons. The Morgan fingerprint density at radius 2 is 2.05 bits per heavy atom. The van der Waals surface area contributed by atoms with Gasteiger partial charge in [0.2, 0.25) is 0 Å². The molecule has 3 nitrogen and oxygen atoms in total. The molecule has 0 bridgehead atoms. The van der Waals surface area contributed by atoms with E-state index in [-0.39, 0.29) is 6.04 Å². The molecule has 0 saturated heterocycles. The Kier molecular flexibility index (Phi) is 4.85. The van der Waals surface area contributed by atoms with Crippen LogP contribution in [0, 0.1) is 0 Å². The van der Waals surface area contributed by atoms with Gasteiger partial charge in [-0.05, 0) is 37.6 Å². The number of hydrogen-bond acceptors (Lipinski definition) is 2. The molecule has 2 rings (SSSR count). The first-order chi connectivity index (χ1) is 9.60. The molecule has 0 unspecified atom stereocenters. The first kappa shape index (κ1) is 14.7. The van der Waals surface area contributed by atoms with Gasteiger partial charge in [0.25, 0.3) is 0 Å². The Bertz CT molecular complexity index is 541. The van der Waals surface area contributed by atoms with Crippen LogP contribution in [0.5, 0.6) is 0 Å². The number of alkyl halides is 1. The van der Waals surface area contributed by atoms with Crippen LogP contribution in [0.2, 0.25) is 0 Å². The molecule has 1 aliphatic rings. The second-order valence-electron chi connectivity index (χ2n) is 5.04. The van der Waals surface area contributed by atoms with E-state index in [9.17, 15) is 0 Å². The van der Waals surface area contributed by atoms with Crippen molar-refractivity contribution in [2.45, 2.75) is 25.8 Å². The summed E-state index contributed by atoms with van der Waals surface area (Å²) >= 11 is 5.80. The summed E-state index contributed by atoms with van der Waals surface area (Å²) in [6, 6.07) is 8.46. The topological polar surface area (TPSA) is 41.6 Å². The molecule has 1 heterocycles. The number of rotatable bonds is 4. The van der Waals surface area contributed by atoms with Crippen molar-refractivity contribution in [3.63, 3.8) is 0 Å². The summed E-state index contributed by atoms with van der Waals surface area (Å²) < 4.78 is 0. The number of halogens is 1. The van der Waals surface area contributed by atoms with Crippen molar-refractivity contribution in [2.75, 3.05) is 11.4 Å². The Hall–Kier alpha value is -1.74. The number of nitrogens with zero attached hydrogens (tertiary/aromatic N) is 2. The number of aliphatic imine (C=N–C) groups is 1. The predicted octanol–water partition coefficient (Wildman–Crippen LogP) is 3.45. The molecular formula is C16H20ClN3. The number of benzene rings is 1. The maximum absolute atomic E-state index is 5.97. The van der Waals surface area contributed by atoms with E-state index in [1.165, 1.54) is 0 Å². The van der Waals surface area contributed by atoms with Crippen molar-refractivity contribution >= 4 is 23.1 Å². The highest BCUT2D eigenvalue weighted by atomic mass is 35.5. The van der Waals surface area contributed by atoms with Crippen LogP contribution in [0.25, 0.3) is 0 Å². The molecule has 0 atom stereocenters. The molecule has 1 aromatic rings. The van der Waals surface area contributed by atoms with Crippen molar-refractivity contribution in [2.24, 2.45) is 10.7 Å². The summed E-state index contributed by atoms with van der Waals surface area (Å²) in [6.45, 7) is 4.83. The third-order valence-corrected chi connectivity index (χ3v) is 3.37. The maximum Gasteiger partial charge on any atom is 0.125 e. The van der Waals surface area contributed by atoms with E-state index in [4.69, 9.17) is 17.3 Å². The molecule has 0 radical (unpaired) electrons. The molecule has 0 spiro atoms. The van der Waals surface area contributed by atoms with Gasteiger partial charge >= 0.3 is 0 Å². The first-order valence-electron chi connectivity index (χ1n) is 6.73. The Labute approximate surface area is 125 Å².